The molecule has 0 aliphatic heterocycles. The van der Waals surface area contributed by atoms with Crippen molar-refractivity contribution in [3.8, 4) is 11.1 Å². The molecule has 3 rings (SSSR count). The van der Waals surface area contributed by atoms with Crippen LogP contribution in [0.5, 0.6) is 0 Å². The fourth-order valence-electron chi connectivity index (χ4n) is 2.59. The summed E-state index contributed by atoms with van der Waals surface area (Å²) in [6, 6.07) is 4.46. The Morgan fingerprint density at radius 2 is 2.00 bits per heavy atom. The number of fused-ring (bicyclic) bond motifs is 1. The smallest absolute Gasteiger partial charge is 0.321 e. The molecule has 2 amide bonds. The van der Waals surface area contributed by atoms with E-state index in [0.29, 0.717) is 23.3 Å². The van der Waals surface area contributed by atoms with Gasteiger partial charge in [-0.3, -0.25) is 10.3 Å². The lowest BCUT2D eigenvalue weighted by Crippen LogP contribution is -2.30. The van der Waals surface area contributed by atoms with Crippen LogP contribution in [-0.2, 0) is 10.0 Å². The topological polar surface area (TPSA) is 130 Å². The molecule has 11 heteroatoms. The first-order chi connectivity index (χ1) is 13.8. The maximum absolute atomic E-state index is 12.4. The second-order valence-corrected chi connectivity index (χ2v) is 8.44. The first kappa shape index (κ1) is 20.7. The van der Waals surface area contributed by atoms with E-state index in [1.54, 1.807) is 44.4 Å². The van der Waals surface area contributed by atoms with Crippen LogP contribution in [0, 0.1) is 0 Å². The molecule has 29 heavy (non-hydrogen) atoms. The summed E-state index contributed by atoms with van der Waals surface area (Å²) in [6.07, 6.45) is 5.40. The first-order valence-electron chi connectivity index (χ1n) is 9.17. The number of sulfonamides is 1. The van der Waals surface area contributed by atoms with Crippen LogP contribution in [0.3, 0.4) is 0 Å². The molecule has 3 aromatic rings. The minimum absolute atomic E-state index is 0.0809. The second kappa shape index (κ2) is 8.53. The standard InChI is InChI=1S/C18H23N7O3S/c1-4-7-20-18(26)22-17-21-16-6-5-13(11-25(16)23-17)14-8-15(10-19-9-14)29(27,28)24-12(2)3/h5-6,8-12,24H,4,7H2,1-3H3,(H2,20,22,23,26). The number of hydrogen-bond acceptors (Lipinski definition) is 6. The van der Waals surface area contributed by atoms with Crippen LogP contribution in [0.1, 0.15) is 27.2 Å². The Morgan fingerprint density at radius 3 is 2.72 bits per heavy atom. The summed E-state index contributed by atoms with van der Waals surface area (Å²) in [6.45, 7) is 6.02. The fraction of sp³-hybridized carbons (Fsp3) is 0.333. The van der Waals surface area contributed by atoms with E-state index in [0.717, 1.165) is 6.42 Å². The average Bonchev–Trinajstić information content (AvgIpc) is 3.06. The van der Waals surface area contributed by atoms with Gasteiger partial charge in [0.05, 0.1) is 0 Å². The zero-order valence-electron chi connectivity index (χ0n) is 16.4. The molecule has 0 spiro atoms. The third-order valence-corrected chi connectivity index (χ3v) is 5.47. The quantitative estimate of drug-likeness (QED) is 0.539. The van der Waals surface area contributed by atoms with Crippen molar-refractivity contribution in [3.63, 3.8) is 0 Å². The number of rotatable bonds is 7. The zero-order chi connectivity index (χ0) is 21.0. The number of anilines is 1. The number of carbonyl (C=O) groups excluding carboxylic acids is 1. The lowest BCUT2D eigenvalue weighted by molar-refractivity contribution is 0.252. The third-order valence-electron chi connectivity index (χ3n) is 3.84. The summed E-state index contributed by atoms with van der Waals surface area (Å²) in [5.41, 5.74) is 1.86. The van der Waals surface area contributed by atoms with E-state index in [-0.39, 0.29) is 22.9 Å². The summed E-state index contributed by atoms with van der Waals surface area (Å²) in [5.74, 6) is 0.173. The van der Waals surface area contributed by atoms with Crippen molar-refractivity contribution in [1.29, 1.82) is 0 Å². The highest BCUT2D eigenvalue weighted by molar-refractivity contribution is 7.89. The van der Waals surface area contributed by atoms with E-state index < -0.39 is 10.0 Å². The Balaban J connectivity index is 1.87. The molecule has 0 fully saturated rings. The molecule has 0 radical (unpaired) electrons. The van der Waals surface area contributed by atoms with Crippen molar-refractivity contribution < 1.29 is 13.2 Å². The van der Waals surface area contributed by atoms with Crippen molar-refractivity contribution in [1.82, 2.24) is 29.6 Å². The first-order valence-corrected chi connectivity index (χ1v) is 10.7. The number of nitrogens with one attached hydrogen (secondary N) is 3. The van der Waals surface area contributed by atoms with Gasteiger partial charge in [-0.1, -0.05) is 6.92 Å². The Hall–Kier alpha value is -3.05. The van der Waals surface area contributed by atoms with Gasteiger partial charge in [0.25, 0.3) is 5.95 Å². The van der Waals surface area contributed by atoms with Gasteiger partial charge < -0.3 is 5.32 Å². The molecule has 0 aromatic carbocycles. The van der Waals surface area contributed by atoms with Crippen molar-refractivity contribution in [2.75, 3.05) is 11.9 Å². The molecule has 0 aliphatic rings. The summed E-state index contributed by atoms with van der Waals surface area (Å²) < 4.78 is 28.8. The molecule has 154 valence electrons. The van der Waals surface area contributed by atoms with Crippen molar-refractivity contribution in [2.45, 2.75) is 38.1 Å². The molecule has 10 nitrogen and oxygen atoms in total. The van der Waals surface area contributed by atoms with Crippen LogP contribution in [0.4, 0.5) is 10.7 Å². The van der Waals surface area contributed by atoms with Gasteiger partial charge in [0.15, 0.2) is 5.65 Å². The molecule has 3 N–H and O–H groups in total. The van der Waals surface area contributed by atoms with Gasteiger partial charge in [-0.25, -0.2) is 22.4 Å². The van der Waals surface area contributed by atoms with Crippen LogP contribution in [0.25, 0.3) is 16.8 Å². The maximum Gasteiger partial charge on any atom is 0.321 e. The molecule has 3 aromatic heterocycles. The number of aromatic nitrogens is 4. The van der Waals surface area contributed by atoms with Crippen LogP contribution >= 0.6 is 0 Å². The Bertz CT molecular complexity index is 1130. The molecular formula is C18H23N7O3S. The van der Waals surface area contributed by atoms with E-state index >= 15 is 0 Å². The lowest BCUT2D eigenvalue weighted by atomic mass is 10.1. The number of amides is 2. The number of pyridine rings is 2. The van der Waals surface area contributed by atoms with Crippen molar-refractivity contribution in [3.05, 3.63) is 36.8 Å². The SMILES string of the molecule is CCCNC(=O)Nc1nc2ccc(-c3cncc(S(=O)(=O)NC(C)C)c3)cn2n1. The van der Waals surface area contributed by atoms with Gasteiger partial charge in [-0.15, -0.1) is 5.10 Å². The number of nitrogens with zero attached hydrogens (tertiary/aromatic N) is 4. The fourth-order valence-corrected chi connectivity index (χ4v) is 3.83. The largest absolute Gasteiger partial charge is 0.338 e. The zero-order valence-corrected chi connectivity index (χ0v) is 17.2. The van der Waals surface area contributed by atoms with Gasteiger partial charge in [-0.2, -0.15) is 4.98 Å². The van der Waals surface area contributed by atoms with Gasteiger partial charge in [0, 0.05) is 42.3 Å². The van der Waals surface area contributed by atoms with Gasteiger partial charge in [0.2, 0.25) is 10.0 Å². The Morgan fingerprint density at radius 1 is 1.21 bits per heavy atom. The minimum atomic E-state index is -3.65. The van der Waals surface area contributed by atoms with E-state index in [1.165, 1.54) is 10.7 Å². The third kappa shape index (κ3) is 5.06. The van der Waals surface area contributed by atoms with E-state index in [4.69, 9.17) is 0 Å². The van der Waals surface area contributed by atoms with E-state index in [2.05, 4.69) is 30.4 Å². The normalized spacial score (nSPS) is 11.7. The Labute approximate surface area is 168 Å². The summed E-state index contributed by atoms with van der Waals surface area (Å²) in [4.78, 5) is 20.1. The molecule has 0 bridgehead atoms. The summed E-state index contributed by atoms with van der Waals surface area (Å²) >= 11 is 0. The number of hydrogen-bond donors (Lipinski definition) is 3. The Kier molecular flexibility index (Phi) is 6.09. The molecule has 0 unspecified atom stereocenters. The number of urea groups is 1. The highest BCUT2D eigenvalue weighted by Crippen LogP contribution is 2.22. The van der Waals surface area contributed by atoms with E-state index in [1.807, 2.05) is 6.92 Å². The second-order valence-electron chi connectivity index (χ2n) is 6.72. The molecule has 3 heterocycles. The van der Waals surface area contributed by atoms with Crippen molar-refractivity contribution in [2.24, 2.45) is 0 Å². The van der Waals surface area contributed by atoms with E-state index in [9.17, 15) is 13.2 Å². The predicted octanol–water partition coefficient (Wildman–Crippen LogP) is 2.01. The highest BCUT2D eigenvalue weighted by atomic mass is 32.2. The average molecular weight is 417 g/mol. The van der Waals surface area contributed by atoms with Gasteiger partial charge in [-0.05, 0) is 38.5 Å². The minimum Gasteiger partial charge on any atom is -0.338 e. The lowest BCUT2D eigenvalue weighted by Gasteiger charge is -2.10. The van der Waals surface area contributed by atoms with Crippen LogP contribution in [0.15, 0.2) is 41.7 Å². The highest BCUT2D eigenvalue weighted by Gasteiger charge is 2.17. The molecule has 0 atom stereocenters. The van der Waals surface area contributed by atoms with Crippen LogP contribution in [0.2, 0.25) is 0 Å². The molecule has 0 saturated heterocycles. The monoisotopic (exact) mass is 417 g/mol. The van der Waals surface area contributed by atoms with Gasteiger partial charge in [0.1, 0.15) is 4.90 Å². The maximum atomic E-state index is 12.4. The van der Waals surface area contributed by atoms with Crippen molar-refractivity contribution >= 4 is 27.6 Å². The molecular weight excluding hydrogens is 394 g/mol. The number of carbonyl (C=O) groups is 1. The summed E-state index contributed by atoms with van der Waals surface area (Å²) in [5, 5.41) is 9.51. The molecule has 0 aliphatic carbocycles. The summed E-state index contributed by atoms with van der Waals surface area (Å²) in [7, 11) is -3.65. The van der Waals surface area contributed by atoms with Crippen LogP contribution in [-0.4, -0.2) is 46.6 Å². The van der Waals surface area contributed by atoms with Crippen LogP contribution < -0.4 is 15.4 Å². The van der Waals surface area contributed by atoms with Gasteiger partial charge >= 0.3 is 6.03 Å². The molecule has 0 saturated carbocycles. The predicted molar refractivity (Wildman–Crippen MR) is 109 cm³/mol.